The molecule has 1 aliphatic heterocycles. The fourth-order valence-electron chi connectivity index (χ4n) is 2.56. The molecule has 22 heavy (non-hydrogen) atoms. The Hall–Kier alpha value is -2.21. The minimum Gasteiger partial charge on any atom is -0.339 e. The highest BCUT2D eigenvalue weighted by Crippen LogP contribution is 2.25. The van der Waals surface area contributed by atoms with E-state index in [2.05, 4.69) is 27.3 Å². The SMILES string of the molecule is CCc1ccc(NC(=O)CN2CC(c3nc(C)no3)C2)cc1. The minimum atomic E-state index is 0.00408. The van der Waals surface area contributed by atoms with Crippen LogP contribution in [0.25, 0.3) is 0 Å². The molecule has 2 heterocycles. The van der Waals surface area contributed by atoms with Crippen molar-refractivity contribution in [3.05, 3.63) is 41.5 Å². The number of hydrogen-bond donors (Lipinski definition) is 1. The summed E-state index contributed by atoms with van der Waals surface area (Å²) in [6.07, 6.45) is 0.999. The van der Waals surface area contributed by atoms with E-state index in [1.54, 1.807) is 6.92 Å². The van der Waals surface area contributed by atoms with Crippen molar-refractivity contribution in [2.75, 3.05) is 25.0 Å². The number of aromatic nitrogens is 2. The highest BCUT2D eigenvalue weighted by Gasteiger charge is 2.33. The molecule has 1 aromatic carbocycles. The molecule has 3 rings (SSSR count). The van der Waals surface area contributed by atoms with Crippen molar-refractivity contribution in [2.45, 2.75) is 26.2 Å². The Morgan fingerprint density at radius 3 is 2.68 bits per heavy atom. The van der Waals surface area contributed by atoms with Gasteiger partial charge in [-0.1, -0.05) is 24.2 Å². The summed E-state index contributed by atoms with van der Waals surface area (Å²) in [5.41, 5.74) is 2.10. The first-order valence-electron chi connectivity index (χ1n) is 7.55. The van der Waals surface area contributed by atoms with Crippen LogP contribution < -0.4 is 5.32 Å². The molecule has 1 N–H and O–H groups in total. The van der Waals surface area contributed by atoms with Crippen LogP contribution in [0.15, 0.2) is 28.8 Å². The predicted molar refractivity (Wildman–Crippen MR) is 82.7 cm³/mol. The third kappa shape index (κ3) is 3.33. The van der Waals surface area contributed by atoms with Gasteiger partial charge in [0.2, 0.25) is 11.8 Å². The van der Waals surface area contributed by atoms with Crippen molar-refractivity contribution >= 4 is 11.6 Å². The molecule has 0 unspecified atom stereocenters. The number of likely N-dealkylation sites (tertiary alicyclic amines) is 1. The van der Waals surface area contributed by atoms with Crippen LogP contribution in [0.2, 0.25) is 0 Å². The van der Waals surface area contributed by atoms with Crippen LogP contribution in [0.3, 0.4) is 0 Å². The summed E-state index contributed by atoms with van der Waals surface area (Å²) in [6.45, 7) is 5.87. The van der Waals surface area contributed by atoms with Crippen molar-refractivity contribution in [1.29, 1.82) is 0 Å². The number of rotatable bonds is 5. The fourth-order valence-corrected chi connectivity index (χ4v) is 2.56. The van der Waals surface area contributed by atoms with Gasteiger partial charge in [-0.15, -0.1) is 0 Å². The lowest BCUT2D eigenvalue weighted by molar-refractivity contribution is -0.118. The van der Waals surface area contributed by atoms with Crippen LogP contribution in [0, 0.1) is 6.92 Å². The van der Waals surface area contributed by atoms with E-state index in [0.717, 1.165) is 25.2 Å². The van der Waals surface area contributed by atoms with E-state index < -0.39 is 0 Å². The summed E-state index contributed by atoms with van der Waals surface area (Å²) in [5, 5.41) is 6.71. The number of carbonyl (C=O) groups excluding carboxylic acids is 1. The van der Waals surface area contributed by atoms with Gasteiger partial charge in [-0.2, -0.15) is 4.98 Å². The van der Waals surface area contributed by atoms with Crippen molar-refractivity contribution < 1.29 is 9.32 Å². The second-order valence-electron chi connectivity index (χ2n) is 5.67. The van der Waals surface area contributed by atoms with Gasteiger partial charge in [-0.25, -0.2) is 0 Å². The van der Waals surface area contributed by atoms with E-state index in [0.29, 0.717) is 18.3 Å². The highest BCUT2D eigenvalue weighted by molar-refractivity contribution is 5.92. The summed E-state index contributed by atoms with van der Waals surface area (Å²) < 4.78 is 5.15. The lowest BCUT2D eigenvalue weighted by atomic mass is 10.0. The number of benzene rings is 1. The van der Waals surface area contributed by atoms with Crippen molar-refractivity contribution in [3.63, 3.8) is 0 Å². The van der Waals surface area contributed by atoms with Crippen molar-refractivity contribution in [2.24, 2.45) is 0 Å². The van der Waals surface area contributed by atoms with Crippen LogP contribution in [0.1, 0.15) is 30.1 Å². The maximum atomic E-state index is 12.0. The summed E-state index contributed by atoms with van der Waals surface area (Å²) in [7, 11) is 0. The monoisotopic (exact) mass is 300 g/mol. The van der Waals surface area contributed by atoms with Gasteiger partial charge in [0.1, 0.15) is 0 Å². The molecule has 0 saturated carbocycles. The molecule has 1 saturated heterocycles. The minimum absolute atomic E-state index is 0.00408. The van der Waals surface area contributed by atoms with Crippen LogP contribution in [-0.4, -0.2) is 40.6 Å². The number of carbonyl (C=O) groups is 1. The molecule has 6 heteroatoms. The average molecular weight is 300 g/mol. The quantitative estimate of drug-likeness (QED) is 0.914. The number of amides is 1. The molecule has 6 nitrogen and oxygen atoms in total. The molecule has 0 aliphatic carbocycles. The molecule has 1 aromatic heterocycles. The molecule has 0 radical (unpaired) electrons. The maximum Gasteiger partial charge on any atom is 0.238 e. The second kappa shape index (κ2) is 6.27. The Kier molecular flexibility index (Phi) is 4.20. The molecule has 0 spiro atoms. The first-order chi connectivity index (χ1) is 10.6. The van der Waals surface area contributed by atoms with E-state index in [9.17, 15) is 4.79 Å². The topological polar surface area (TPSA) is 71.3 Å². The Morgan fingerprint density at radius 2 is 2.09 bits per heavy atom. The van der Waals surface area contributed by atoms with Gasteiger partial charge >= 0.3 is 0 Å². The molecular formula is C16H20N4O2. The lowest BCUT2D eigenvalue weighted by Crippen LogP contribution is -2.48. The van der Waals surface area contributed by atoms with Crippen molar-refractivity contribution in [1.82, 2.24) is 15.0 Å². The van der Waals surface area contributed by atoms with Gasteiger partial charge in [-0.3, -0.25) is 9.69 Å². The van der Waals surface area contributed by atoms with Gasteiger partial charge in [0.25, 0.3) is 0 Å². The zero-order valence-electron chi connectivity index (χ0n) is 12.9. The Balaban J connectivity index is 1.45. The number of hydrogen-bond acceptors (Lipinski definition) is 5. The van der Waals surface area contributed by atoms with Crippen molar-refractivity contribution in [3.8, 4) is 0 Å². The van der Waals surface area contributed by atoms with E-state index in [-0.39, 0.29) is 11.8 Å². The first-order valence-corrected chi connectivity index (χ1v) is 7.55. The second-order valence-corrected chi connectivity index (χ2v) is 5.67. The fraction of sp³-hybridized carbons (Fsp3) is 0.438. The molecule has 116 valence electrons. The number of nitrogens with one attached hydrogen (secondary N) is 1. The van der Waals surface area contributed by atoms with Crippen LogP contribution in [0.4, 0.5) is 5.69 Å². The Morgan fingerprint density at radius 1 is 1.36 bits per heavy atom. The maximum absolute atomic E-state index is 12.0. The lowest BCUT2D eigenvalue weighted by Gasteiger charge is -2.36. The highest BCUT2D eigenvalue weighted by atomic mass is 16.5. The molecule has 1 amide bonds. The van der Waals surface area contributed by atoms with Gasteiger partial charge in [-0.05, 0) is 31.0 Å². The summed E-state index contributed by atoms with van der Waals surface area (Å²) in [4.78, 5) is 18.3. The third-order valence-corrected chi connectivity index (χ3v) is 3.86. The molecule has 0 bridgehead atoms. The average Bonchev–Trinajstić information content (AvgIpc) is 2.89. The van der Waals surface area contributed by atoms with Gasteiger partial charge in [0.15, 0.2) is 5.82 Å². The number of anilines is 1. The van der Waals surface area contributed by atoms with Gasteiger partial charge in [0.05, 0.1) is 12.5 Å². The zero-order chi connectivity index (χ0) is 15.5. The van der Waals surface area contributed by atoms with Crippen LogP contribution in [-0.2, 0) is 11.2 Å². The van der Waals surface area contributed by atoms with E-state index in [1.165, 1.54) is 5.56 Å². The molecule has 0 atom stereocenters. The van der Waals surface area contributed by atoms with Crippen LogP contribution in [0.5, 0.6) is 0 Å². The van der Waals surface area contributed by atoms with E-state index in [4.69, 9.17) is 4.52 Å². The Labute approximate surface area is 129 Å². The standard InChI is InChI=1S/C16H20N4O2/c1-3-12-4-6-14(7-5-12)18-15(21)10-20-8-13(9-20)16-17-11(2)19-22-16/h4-7,13H,3,8-10H2,1-2H3,(H,18,21). The molecule has 2 aromatic rings. The Bertz CT molecular complexity index is 644. The predicted octanol–water partition coefficient (Wildman–Crippen LogP) is 1.98. The van der Waals surface area contributed by atoms with Crippen LogP contribution >= 0.6 is 0 Å². The molecule has 1 fully saturated rings. The summed E-state index contributed by atoms with van der Waals surface area (Å²) in [5.74, 6) is 1.58. The third-order valence-electron chi connectivity index (χ3n) is 3.86. The largest absolute Gasteiger partial charge is 0.339 e. The first kappa shape index (κ1) is 14.7. The smallest absolute Gasteiger partial charge is 0.238 e. The van der Waals surface area contributed by atoms with E-state index in [1.807, 2.05) is 24.3 Å². The molecule has 1 aliphatic rings. The van der Waals surface area contributed by atoms with E-state index >= 15 is 0 Å². The summed E-state index contributed by atoms with van der Waals surface area (Å²) in [6, 6.07) is 7.95. The van der Waals surface area contributed by atoms with Gasteiger partial charge < -0.3 is 9.84 Å². The van der Waals surface area contributed by atoms with Gasteiger partial charge in [0, 0.05) is 18.8 Å². The number of aryl methyl sites for hydroxylation is 2. The zero-order valence-corrected chi connectivity index (χ0v) is 12.9. The molecular weight excluding hydrogens is 280 g/mol. The summed E-state index contributed by atoms with van der Waals surface area (Å²) >= 11 is 0. The normalized spacial score (nSPS) is 15.5. The number of nitrogens with zero attached hydrogens (tertiary/aromatic N) is 3.